The first kappa shape index (κ1) is 31.3. The number of carbonyl (C=O) groups excluding carboxylic acids is 3. The van der Waals surface area contributed by atoms with E-state index < -0.39 is 60.2 Å². The minimum atomic E-state index is -1.67. The Bertz CT molecular complexity index is 1180. The van der Waals surface area contributed by atoms with E-state index in [1.165, 1.54) is 0 Å². The average Bonchev–Trinajstić information content (AvgIpc) is 3.28. The van der Waals surface area contributed by atoms with Crippen LogP contribution in [0, 0.1) is 11.8 Å². The van der Waals surface area contributed by atoms with Gasteiger partial charge < -0.3 is 36.9 Å². The second-order valence-electron chi connectivity index (χ2n) is 10.2. The molecule has 1 aromatic carbocycles. The summed E-state index contributed by atoms with van der Waals surface area (Å²) in [7, 11) is 0. The van der Waals surface area contributed by atoms with Crippen LogP contribution >= 0.6 is 0 Å². The normalized spacial score (nSPS) is 15.1. The lowest BCUT2D eigenvalue weighted by molar-refractivity contribution is -0.147. The minimum Gasteiger partial charge on any atom is -0.481 e. The van der Waals surface area contributed by atoms with Crippen molar-refractivity contribution in [2.45, 2.75) is 77.5 Å². The number of hydrogen-bond donors (Lipinski definition) is 7. The molecule has 2 rings (SSSR count). The van der Waals surface area contributed by atoms with E-state index in [2.05, 4.69) is 20.9 Å². The van der Waals surface area contributed by atoms with E-state index in [9.17, 15) is 29.1 Å². The van der Waals surface area contributed by atoms with Gasteiger partial charge in [0.1, 0.15) is 18.1 Å². The molecule has 0 fully saturated rings. The van der Waals surface area contributed by atoms with E-state index in [-0.39, 0.29) is 24.7 Å². The smallest absolute Gasteiger partial charge is 0.326 e. The Hall–Kier alpha value is -3.93. The van der Waals surface area contributed by atoms with Gasteiger partial charge in [0.25, 0.3) is 0 Å². The van der Waals surface area contributed by atoms with Gasteiger partial charge in [0.2, 0.25) is 17.7 Å². The van der Waals surface area contributed by atoms with E-state index in [1.54, 1.807) is 6.20 Å². The fourth-order valence-corrected chi connectivity index (χ4v) is 4.13. The quantitative estimate of drug-likeness (QED) is 0.172. The van der Waals surface area contributed by atoms with Crippen molar-refractivity contribution < 1.29 is 34.2 Å². The second-order valence-corrected chi connectivity index (χ2v) is 10.2. The SMILES string of the molecule is CCC(C)C(N)C(=O)NC(Cc1c[nH]c2ccccc12)C(=O)NC(CC(C)C)C(=O)NC(CC(=O)O)C(=O)O. The predicted octanol–water partition coefficient (Wildman–Crippen LogP) is 1.14. The molecule has 2 aromatic rings. The summed E-state index contributed by atoms with van der Waals surface area (Å²) in [5, 5.41) is 26.7. The number of H-pyrrole nitrogens is 1. The molecule has 0 saturated heterocycles. The molecule has 39 heavy (non-hydrogen) atoms. The molecule has 0 saturated carbocycles. The number of nitrogens with one attached hydrogen (secondary N) is 4. The van der Waals surface area contributed by atoms with Crippen LogP contribution in [0.3, 0.4) is 0 Å². The number of carbonyl (C=O) groups is 5. The molecule has 3 amide bonds. The van der Waals surface area contributed by atoms with Crippen molar-refractivity contribution in [3.05, 3.63) is 36.0 Å². The van der Waals surface area contributed by atoms with Crippen LogP contribution in [0.4, 0.5) is 0 Å². The van der Waals surface area contributed by atoms with Crippen LogP contribution < -0.4 is 21.7 Å². The third-order valence-electron chi connectivity index (χ3n) is 6.63. The lowest BCUT2D eigenvalue weighted by Gasteiger charge is -2.26. The van der Waals surface area contributed by atoms with Crippen molar-refractivity contribution in [1.82, 2.24) is 20.9 Å². The molecule has 214 valence electrons. The van der Waals surface area contributed by atoms with Gasteiger partial charge in [-0.05, 0) is 29.9 Å². The van der Waals surface area contributed by atoms with Crippen molar-refractivity contribution in [2.24, 2.45) is 17.6 Å². The van der Waals surface area contributed by atoms with Gasteiger partial charge in [-0.1, -0.05) is 52.3 Å². The highest BCUT2D eigenvalue weighted by Crippen LogP contribution is 2.20. The molecule has 5 unspecified atom stereocenters. The maximum Gasteiger partial charge on any atom is 0.326 e. The molecular weight excluding hydrogens is 506 g/mol. The maximum atomic E-state index is 13.5. The highest BCUT2D eigenvalue weighted by molar-refractivity contribution is 5.95. The third kappa shape index (κ3) is 9.10. The van der Waals surface area contributed by atoms with Gasteiger partial charge in [0.05, 0.1) is 12.5 Å². The number of benzene rings is 1. The third-order valence-corrected chi connectivity index (χ3v) is 6.63. The summed E-state index contributed by atoms with van der Waals surface area (Å²) in [6.07, 6.45) is 1.83. The van der Waals surface area contributed by atoms with E-state index >= 15 is 0 Å². The number of nitrogens with two attached hydrogens (primary N) is 1. The van der Waals surface area contributed by atoms with E-state index in [1.807, 2.05) is 52.0 Å². The Morgan fingerprint density at radius 2 is 1.49 bits per heavy atom. The first-order valence-electron chi connectivity index (χ1n) is 13.0. The average molecular weight is 546 g/mol. The zero-order chi connectivity index (χ0) is 29.3. The Balaban J connectivity index is 2.32. The van der Waals surface area contributed by atoms with Crippen LogP contribution in [-0.2, 0) is 30.4 Å². The molecule has 1 heterocycles. The molecule has 0 bridgehead atoms. The molecule has 5 atom stereocenters. The molecule has 0 aliphatic rings. The van der Waals surface area contributed by atoms with Gasteiger partial charge in [-0.25, -0.2) is 4.79 Å². The molecule has 0 radical (unpaired) electrons. The molecule has 1 aromatic heterocycles. The first-order chi connectivity index (χ1) is 18.3. The van der Waals surface area contributed by atoms with Gasteiger partial charge in [-0.15, -0.1) is 0 Å². The van der Waals surface area contributed by atoms with Crippen LogP contribution in [0.1, 0.15) is 52.5 Å². The fraction of sp³-hybridized carbons (Fsp3) is 0.519. The molecule has 12 heteroatoms. The van der Waals surface area contributed by atoms with Gasteiger partial charge in [-0.3, -0.25) is 19.2 Å². The topological polar surface area (TPSA) is 204 Å². The number of carboxylic acid groups (broad SMARTS) is 2. The summed E-state index contributed by atoms with van der Waals surface area (Å²) in [5.74, 6) is -5.13. The van der Waals surface area contributed by atoms with Crippen molar-refractivity contribution in [2.75, 3.05) is 0 Å². The Morgan fingerprint density at radius 1 is 0.897 bits per heavy atom. The number of aliphatic carboxylic acids is 2. The number of fused-ring (bicyclic) bond motifs is 1. The van der Waals surface area contributed by atoms with Crippen molar-refractivity contribution in [3.63, 3.8) is 0 Å². The number of hydrogen-bond acceptors (Lipinski definition) is 6. The lowest BCUT2D eigenvalue weighted by Crippen LogP contribution is -2.58. The number of rotatable bonds is 15. The van der Waals surface area contributed by atoms with Crippen molar-refractivity contribution in [3.8, 4) is 0 Å². The highest BCUT2D eigenvalue weighted by atomic mass is 16.4. The van der Waals surface area contributed by atoms with Crippen LogP contribution in [0.15, 0.2) is 30.5 Å². The fourth-order valence-electron chi connectivity index (χ4n) is 4.13. The number of aromatic amines is 1. The monoisotopic (exact) mass is 545 g/mol. The lowest BCUT2D eigenvalue weighted by atomic mass is 9.97. The van der Waals surface area contributed by atoms with E-state index in [4.69, 9.17) is 10.8 Å². The second kappa shape index (κ2) is 14.3. The minimum absolute atomic E-state index is 0.0794. The Kier molecular flexibility index (Phi) is 11.5. The summed E-state index contributed by atoms with van der Waals surface area (Å²) in [4.78, 5) is 65.1. The number of carboxylic acids is 2. The summed E-state index contributed by atoms with van der Waals surface area (Å²) in [5.41, 5.74) is 7.72. The maximum absolute atomic E-state index is 13.5. The van der Waals surface area contributed by atoms with Gasteiger partial charge >= 0.3 is 11.9 Å². The molecule has 0 spiro atoms. The van der Waals surface area contributed by atoms with Gasteiger partial charge in [-0.2, -0.15) is 0 Å². The van der Waals surface area contributed by atoms with Crippen LogP contribution in [-0.4, -0.2) is 69.0 Å². The van der Waals surface area contributed by atoms with Crippen molar-refractivity contribution >= 4 is 40.6 Å². The zero-order valence-electron chi connectivity index (χ0n) is 22.7. The number of para-hydroxylation sites is 1. The van der Waals surface area contributed by atoms with E-state index in [0.29, 0.717) is 6.42 Å². The molecule has 0 aliphatic heterocycles. The summed E-state index contributed by atoms with van der Waals surface area (Å²) in [6, 6.07) is 2.69. The number of aromatic nitrogens is 1. The highest BCUT2D eigenvalue weighted by Gasteiger charge is 2.32. The first-order valence-corrected chi connectivity index (χ1v) is 13.0. The Morgan fingerprint density at radius 3 is 2.08 bits per heavy atom. The van der Waals surface area contributed by atoms with Gasteiger partial charge in [0.15, 0.2) is 0 Å². The standard InChI is InChI=1S/C27H39N5O7/c1-5-15(4)23(28)26(37)31-20(11-16-13-29-18-9-7-6-8-17(16)18)25(36)30-19(10-14(2)3)24(35)32-21(27(38)39)12-22(33)34/h6-9,13-15,19-21,23,29H,5,10-12,28H2,1-4H3,(H,30,36)(H,31,37)(H,32,35)(H,33,34)(H,38,39). The molecular formula is C27H39N5O7. The summed E-state index contributed by atoms with van der Waals surface area (Å²) in [6.45, 7) is 7.36. The van der Waals surface area contributed by atoms with E-state index in [0.717, 1.165) is 16.5 Å². The summed E-state index contributed by atoms with van der Waals surface area (Å²) < 4.78 is 0. The Labute approximate surface area is 227 Å². The van der Waals surface area contributed by atoms with Crippen LogP contribution in [0.25, 0.3) is 10.9 Å². The summed E-state index contributed by atoms with van der Waals surface area (Å²) >= 11 is 0. The van der Waals surface area contributed by atoms with Crippen LogP contribution in [0.5, 0.6) is 0 Å². The van der Waals surface area contributed by atoms with Gasteiger partial charge in [0, 0.05) is 23.5 Å². The molecule has 12 nitrogen and oxygen atoms in total. The largest absolute Gasteiger partial charge is 0.481 e. The number of amides is 3. The van der Waals surface area contributed by atoms with Crippen molar-refractivity contribution in [1.29, 1.82) is 0 Å². The van der Waals surface area contributed by atoms with Crippen LogP contribution in [0.2, 0.25) is 0 Å². The molecule has 0 aliphatic carbocycles. The molecule has 8 N–H and O–H groups in total. The predicted molar refractivity (Wildman–Crippen MR) is 145 cm³/mol. The zero-order valence-corrected chi connectivity index (χ0v) is 22.7.